The van der Waals surface area contributed by atoms with Gasteiger partial charge in [0.05, 0.1) is 5.69 Å². The Kier molecular flexibility index (Phi) is 8.77. The Bertz CT molecular complexity index is 1500. The molecule has 45 heavy (non-hydrogen) atoms. The second-order valence-corrected chi connectivity index (χ2v) is 21.0. The molecule has 0 saturated heterocycles. The summed E-state index contributed by atoms with van der Waals surface area (Å²) >= 11 is 0. The molecule has 2 nitrogen and oxygen atoms in total. The van der Waals surface area contributed by atoms with Crippen LogP contribution in [0.2, 0.25) is 13.1 Å². The van der Waals surface area contributed by atoms with Crippen LogP contribution in [0.5, 0.6) is 0 Å². The zero-order valence-electron chi connectivity index (χ0n) is 28.8. The topological polar surface area (TPSA) is 17.1 Å². The number of hydrogen-bond acceptors (Lipinski definition) is 0. The zero-order chi connectivity index (χ0) is 31.0. The van der Waals surface area contributed by atoms with Gasteiger partial charge in [-0.1, -0.05) is 129 Å². The number of rotatable bonds is 3. The molecule has 4 fully saturated rings. The Morgan fingerprint density at radius 3 is 1.64 bits per heavy atom. The second kappa shape index (κ2) is 12.0. The predicted octanol–water partition coefficient (Wildman–Crippen LogP) is 10.3. The summed E-state index contributed by atoms with van der Waals surface area (Å²) in [5, 5.41) is 7.64. The van der Waals surface area contributed by atoms with Gasteiger partial charge in [0.15, 0.2) is 0 Å². The third-order valence-corrected chi connectivity index (χ3v) is 15.7. The van der Waals surface area contributed by atoms with E-state index in [0.29, 0.717) is 17.3 Å². The fourth-order valence-electron chi connectivity index (χ4n) is 10.3. The van der Waals surface area contributed by atoms with E-state index in [0.717, 1.165) is 35.0 Å². The fourth-order valence-corrected chi connectivity index (χ4v) is 13.2. The summed E-state index contributed by atoms with van der Waals surface area (Å²) in [6.45, 7) is 19.2. The summed E-state index contributed by atoms with van der Waals surface area (Å²) in [5.41, 5.74) is 7.33. The smallest absolute Gasteiger partial charge is 0.129 e. The first kappa shape index (κ1) is 33.0. The van der Waals surface area contributed by atoms with Crippen molar-refractivity contribution in [3.05, 3.63) is 83.2 Å². The summed E-state index contributed by atoms with van der Waals surface area (Å²) in [6, 6.07) is 24.1. The van der Waals surface area contributed by atoms with Crippen molar-refractivity contribution in [3.63, 3.8) is 0 Å². The van der Waals surface area contributed by atoms with E-state index in [-0.39, 0.29) is 27.9 Å². The molecule has 3 aromatic carbocycles. The van der Waals surface area contributed by atoms with E-state index in [1.165, 1.54) is 65.7 Å². The van der Waals surface area contributed by atoms with Crippen LogP contribution in [0, 0.1) is 29.1 Å². The maximum atomic E-state index is 4.74. The number of hydrogen-bond donors (Lipinski definition) is 0. The van der Waals surface area contributed by atoms with Crippen LogP contribution in [0.3, 0.4) is 0 Å². The van der Waals surface area contributed by atoms with Gasteiger partial charge in [-0.05, 0) is 86.9 Å². The second-order valence-electron chi connectivity index (χ2n) is 16.6. The van der Waals surface area contributed by atoms with Gasteiger partial charge in [0.25, 0.3) is 0 Å². The summed E-state index contributed by atoms with van der Waals surface area (Å²) in [5.74, 6) is 4.92. The number of fused-ring (bicyclic) bond motifs is 2. The van der Waals surface area contributed by atoms with Gasteiger partial charge in [-0.25, -0.2) is 0 Å². The Morgan fingerprint density at radius 2 is 1.18 bits per heavy atom. The fraction of sp³-hybridized carbons (Fsp3) is 0.537. The molecule has 1 spiro atoms. The third-order valence-electron chi connectivity index (χ3n) is 12.2. The van der Waals surface area contributed by atoms with Crippen molar-refractivity contribution in [1.29, 1.82) is 0 Å². The van der Waals surface area contributed by atoms with Crippen LogP contribution in [0.1, 0.15) is 103 Å². The third kappa shape index (κ3) is 5.48. The quantitative estimate of drug-likeness (QED) is 0.143. The SMILES string of the molecule is CC(C)c1cccc(C(C)C)c1[N+]1=[C-]C2(CC1(C)C)C1CC3CC(C1)CC2C3.C[Si]1(C)c2ccccc2[N-]c2ccccc21.[Au]. The molecule has 0 amide bonds. The number of nitrogens with zero attached hydrogens (tertiary/aromatic N) is 2. The molecule has 2 aliphatic heterocycles. The largest absolute Gasteiger partial charge is 0.658 e. The van der Waals surface area contributed by atoms with Crippen molar-refractivity contribution in [1.82, 2.24) is 0 Å². The molecule has 4 bridgehead atoms. The van der Waals surface area contributed by atoms with E-state index >= 15 is 0 Å². The van der Waals surface area contributed by atoms with Gasteiger partial charge in [0.1, 0.15) is 13.6 Å². The van der Waals surface area contributed by atoms with E-state index < -0.39 is 8.07 Å². The molecule has 0 atom stereocenters. The molecule has 3 aromatic rings. The van der Waals surface area contributed by atoms with Gasteiger partial charge >= 0.3 is 0 Å². The molecule has 4 aliphatic carbocycles. The molecule has 0 aromatic heterocycles. The first-order valence-corrected chi connectivity index (χ1v) is 20.5. The molecular weight excluding hydrogens is 746 g/mol. The van der Waals surface area contributed by atoms with Crippen molar-refractivity contribution >= 4 is 41.7 Å². The van der Waals surface area contributed by atoms with Crippen LogP contribution in [-0.2, 0) is 22.4 Å². The average Bonchev–Trinajstić information content (AvgIpc) is 3.27. The van der Waals surface area contributed by atoms with Gasteiger partial charge in [-0.2, -0.15) is 0 Å². The van der Waals surface area contributed by atoms with Crippen molar-refractivity contribution in [2.75, 3.05) is 0 Å². The van der Waals surface area contributed by atoms with Crippen molar-refractivity contribution in [2.45, 2.75) is 111 Å². The van der Waals surface area contributed by atoms with Crippen molar-refractivity contribution < 1.29 is 27.0 Å². The average molecular weight is 799 g/mol. The number of para-hydroxylation sites is 3. The molecule has 0 unspecified atom stereocenters. The van der Waals surface area contributed by atoms with Crippen LogP contribution in [-0.4, -0.2) is 24.4 Å². The van der Waals surface area contributed by atoms with Gasteiger partial charge in [-0.3, -0.25) is 0 Å². The summed E-state index contributed by atoms with van der Waals surface area (Å²) < 4.78 is 2.65. The molecule has 1 radical (unpaired) electrons. The van der Waals surface area contributed by atoms with E-state index in [1.54, 1.807) is 0 Å². The maximum absolute atomic E-state index is 4.74. The molecule has 9 rings (SSSR count). The first-order valence-electron chi connectivity index (χ1n) is 17.5. The van der Waals surface area contributed by atoms with Crippen molar-refractivity contribution in [3.8, 4) is 0 Å². The Hall–Kier alpha value is -1.91. The van der Waals surface area contributed by atoms with Gasteiger partial charge < -0.3 is 9.89 Å². The molecule has 243 valence electrons. The van der Waals surface area contributed by atoms with Gasteiger partial charge in [0.2, 0.25) is 0 Å². The van der Waals surface area contributed by atoms with Crippen LogP contribution in [0.15, 0.2) is 66.7 Å². The monoisotopic (exact) mass is 798 g/mol. The normalized spacial score (nSPS) is 29.3. The minimum Gasteiger partial charge on any atom is -0.658 e. The van der Waals surface area contributed by atoms with Crippen LogP contribution in [0.25, 0.3) is 5.32 Å². The first-order chi connectivity index (χ1) is 20.9. The Morgan fingerprint density at radius 1 is 0.711 bits per heavy atom. The maximum Gasteiger partial charge on any atom is 0.129 e. The zero-order valence-corrected chi connectivity index (χ0v) is 31.9. The molecule has 4 heteroatoms. The molecule has 4 saturated carbocycles. The van der Waals surface area contributed by atoms with E-state index in [1.807, 2.05) is 0 Å². The number of benzene rings is 3. The predicted molar refractivity (Wildman–Crippen MR) is 190 cm³/mol. The molecule has 2 heterocycles. The summed E-state index contributed by atoms with van der Waals surface area (Å²) in [4.78, 5) is 0. The van der Waals surface area contributed by atoms with E-state index in [9.17, 15) is 0 Å². The Balaban J connectivity index is 0.000000179. The van der Waals surface area contributed by atoms with Crippen LogP contribution in [0.4, 0.5) is 17.1 Å². The van der Waals surface area contributed by atoms with Gasteiger partial charge in [0, 0.05) is 35.0 Å². The van der Waals surface area contributed by atoms with Crippen molar-refractivity contribution in [2.24, 2.45) is 29.1 Å². The molecular formula is C41H53AuN2Si-. The Labute approximate surface area is 290 Å². The molecule has 6 aliphatic rings. The standard InChI is InChI=1S/C27H39N.C14H14NSi.Au/c1-17(2)23-8-7-9-24(18(3)4)25(23)28-16-27(15-26(28,5)6)21-11-19-10-20(13-21)14-22(27)12-19;1-16(2)13-9-5-3-7-11(13)15-12-8-4-6-10-14(12)16;/h7-9,17-22H,10-15H2,1-6H3;3-10H,1-2H3;/q;-1;. The van der Waals surface area contributed by atoms with E-state index in [4.69, 9.17) is 5.32 Å². The minimum atomic E-state index is -1.53. The summed E-state index contributed by atoms with van der Waals surface area (Å²) in [7, 11) is -1.53. The van der Waals surface area contributed by atoms with Gasteiger partial charge in [-0.15, -0.1) is 11.4 Å². The van der Waals surface area contributed by atoms with Crippen LogP contribution < -0.4 is 10.4 Å². The molecule has 0 N–H and O–H groups in total. The van der Waals surface area contributed by atoms with Crippen LogP contribution >= 0.6 is 0 Å². The summed E-state index contributed by atoms with van der Waals surface area (Å²) in [6.07, 6.45) is 13.0. The van der Waals surface area contributed by atoms with E-state index in [2.05, 4.69) is 132 Å². The minimum absolute atomic E-state index is 0.